The number of hydrogen-bond acceptors (Lipinski definition) is 3. The summed E-state index contributed by atoms with van der Waals surface area (Å²) in [6.07, 6.45) is 1.71. The minimum absolute atomic E-state index is 0.532. The van der Waals surface area contributed by atoms with Crippen LogP contribution in [-0.2, 0) is 19.5 Å². The van der Waals surface area contributed by atoms with Crippen molar-refractivity contribution in [2.45, 2.75) is 37.2 Å². The van der Waals surface area contributed by atoms with Gasteiger partial charge in [0.25, 0.3) is 0 Å². The van der Waals surface area contributed by atoms with E-state index in [0.29, 0.717) is 0 Å². The van der Waals surface area contributed by atoms with Crippen LogP contribution in [0.2, 0.25) is 0 Å². The summed E-state index contributed by atoms with van der Waals surface area (Å²) in [4.78, 5) is 21.3. The van der Waals surface area contributed by atoms with Crippen LogP contribution in [-0.4, -0.2) is 22.1 Å². The standard InChI is InChI=1S/C8H15O2S2/c1-7(2,5-9)12(11)8(3,4)6-10/h5-6,11H,1-4H3/q+1. The van der Waals surface area contributed by atoms with Crippen LogP contribution in [0.1, 0.15) is 27.7 Å². The van der Waals surface area contributed by atoms with Gasteiger partial charge in [0.15, 0.2) is 22.1 Å². The summed E-state index contributed by atoms with van der Waals surface area (Å²) in [6, 6.07) is 0. The highest BCUT2D eigenvalue weighted by Gasteiger charge is 2.48. The Labute approximate surface area is 81.3 Å². The summed E-state index contributed by atoms with van der Waals surface area (Å²) < 4.78 is -1.07. The first-order chi connectivity index (χ1) is 5.28. The van der Waals surface area contributed by atoms with Crippen LogP contribution in [0.4, 0.5) is 0 Å². The Morgan fingerprint density at radius 3 is 1.42 bits per heavy atom. The molecule has 0 aromatic rings. The first-order valence-corrected chi connectivity index (χ1v) is 5.92. The molecule has 0 fully saturated rings. The van der Waals surface area contributed by atoms with E-state index in [1.165, 1.54) is 0 Å². The molecule has 0 aliphatic heterocycles. The Morgan fingerprint density at radius 2 is 1.25 bits per heavy atom. The van der Waals surface area contributed by atoms with Gasteiger partial charge < -0.3 is 0 Å². The maximum absolute atomic E-state index is 10.7. The number of thiol groups is 1. The van der Waals surface area contributed by atoms with Gasteiger partial charge in [0.05, 0.1) is 21.6 Å². The van der Waals surface area contributed by atoms with Crippen molar-refractivity contribution in [3.05, 3.63) is 0 Å². The van der Waals surface area contributed by atoms with Crippen molar-refractivity contribution in [3.8, 4) is 0 Å². The second kappa shape index (κ2) is 3.83. The van der Waals surface area contributed by atoms with Gasteiger partial charge >= 0.3 is 0 Å². The molecular formula is C8H15O2S2+. The fraction of sp³-hybridized carbons (Fsp3) is 0.750. The molecule has 0 bridgehead atoms. The topological polar surface area (TPSA) is 34.1 Å². The Balaban J connectivity index is 4.69. The van der Waals surface area contributed by atoms with Gasteiger partial charge in [0.1, 0.15) is 0 Å². The van der Waals surface area contributed by atoms with E-state index in [1.54, 1.807) is 27.7 Å². The van der Waals surface area contributed by atoms with E-state index >= 15 is 0 Å². The van der Waals surface area contributed by atoms with Crippen molar-refractivity contribution in [2.24, 2.45) is 0 Å². The van der Waals surface area contributed by atoms with Crippen LogP contribution in [0.25, 0.3) is 0 Å². The predicted molar refractivity (Wildman–Crippen MR) is 56.6 cm³/mol. The molecule has 12 heavy (non-hydrogen) atoms. The van der Waals surface area contributed by atoms with E-state index in [9.17, 15) is 9.59 Å². The normalized spacial score (nSPS) is 13.2. The molecule has 0 N–H and O–H groups in total. The van der Waals surface area contributed by atoms with Crippen molar-refractivity contribution in [1.29, 1.82) is 0 Å². The van der Waals surface area contributed by atoms with Gasteiger partial charge in [-0.15, -0.1) is 0 Å². The van der Waals surface area contributed by atoms with Crippen molar-refractivity contribution in [1.82, 2.24) is 0 Å². The fourth-order valence-corrected chi connectivity index (χ4v) is 2.57. The largest absolute Gasteiger partial charge is 0.297 e. The monoisotopic (exact) mass is 207 g/mol. The lowest BCUT2D eigenvalue weighted by Crippen LogP contribution is -2.44. The van der Waals surface area contributed by atoms with Crippen LogP contribution in [0.5, 0.6) is 0 Å². The lowest BCUT2D eigenvalue weighted by atomic mass is 10.2. The van der Waals surface area contributed by atoms with Gasteiger partial charge in [-0.25, -0.2) is 0 Å². The average molecular weight is 207 g/mol. The molecule has 0 radical (unpaired) electrons. The zero-order chi connectivity index (χ0) is 9.99. The molecule has 0 atom stereocenters. The molecule has 0 aromatic heterocycles. The molecule has 0 aliphatic rings. The summed E-state index contributed by atoms with van der Waals surface area (Å²) in [5.41, 5.74) is 0. The van der Waals surface area contributed by atoms with Gasteiger partial charge in [-0.2, -0.15) is 0 Å². The molecule has 0 amide bonds. The molecule has 0 heterocycles. The Hall–Kier alpha value is 0.0400. The molecule has 2 nitrogen and oxygen atoms in total. The van der Waals surface area contributed by atoms with Gasteiger partial charge in [-0.3, -0.25) is 9.59 Å². The quantitative estimate of drug-likeness (QED) is 0.327. The molecule has 0 rings (SSSR count). The highest BCUT2D eigenvalue weighted by Crippen LogP contribution is 2.31. The van der Waals surface area contributed by atoms with Gasteiger partial charge in [0, 0.05) is 0 Å². The first kappa shape index (κ1) is 12.0. The average Bonchev–Trinajstić information content (AvgIpc) is 2.03. The smallest absolute Gasteiger partial charge is 0.189 e. The zero-order valence-corrected chi connectivity index (χ0v) is 9.54. The Kier molecular flexibility index (Phi) is 3.85. The highest BCUT2D eigenvalue weighted by molar-refractivity contribution is 8.67. The summed E-state index contributed by atoms with van der Waals surface area (Å²) in [6.45, 7) is 7.17. The van der Waals surface area contributed by atoms with Crippen molar-refractivity contribution < 1.29 is 9.59 Å². The summed E-state index contributed by atoms with van der Waals surface area (Å²) in [5.74, 6) is 0. The molecule has 0 saturated carbocycles. The van der Waals surface area contributed by atoms with Gasteiger partial charge in [-0.1, -0.05) is 0 Å². The molecule has 0 unspecified atom stereocenters. The third-order valence-electron chi connectivity index (χ3n) is 1.56. The molecule has 0 saturated heterocycles. The van der Waals surface area contributed by atoms with E-state index in [-0.39, 0.29) is 0 Å². The number of aldehydes is 2. The number of rotatable bonds is 4. The van der Waals surface area contributed by atoms with Gasteiger partial charge in [0.2, 0.25) is 0 Å². The minimum Gasteiger partial charge on any atom is -0.297 e. The maximum atomic E-state index is 10.7. The van der Waals surface area contributed by atoms with Crippen molar-refractivity contribution in [2.75, 3.05) is 0 Å². The van der Waals surface area contributed by atoms with Crippen LogP contribution >= 0.6 is 11.7 Å². The first-order valence-electron chi connectivity index (χ1n) is 3.64. The third-order valence-corrected chi connectivity index (χ3v) is 6.57. The summed E-state index contributed by atoms with van der Waals surface area (Å²) in [5, 5.41) is 0. The summed E-state index contributed by atoms with van der Waals surface area (Å²) in [7, 11) is -0.532. The molecule has 0 aliphatic carbocycles. The fourth-order valence-electron chi connectivity index (χ4n) is 0.769. The maximum Gasteiger partial charge on any atom is 0.189 e. The van der Waals surface area contributed by atoms with E-state index in [4.69, 9.17) is 0 Å². The van der Waals surface area contributed by atoms with Crippen LogP contribution in [0.3, 0.4) is 0 Å². The van der Waals surface area contributed by atoms with Crippen LogP contribution in [0.15, 0.2) is 0 Å². The second-order valence-electron chi connectivity index (χ2n) is 3.73. The van der Waals surface area contributed by atoms with E-state index in [1.807, 2.05) is 0 Å². The van der Waals surface area contributed by atoms with Crippen LogP contribution < -0.4 is 0 Å². The lowest BCUT2D eigenvalue weighted by molar-refractivity contribution is -0.109. The lowest BCUT2D eigenvalue weighted by Gasteiger charge is -2.23. The summed E-state index contributed by atoms with van der Waals surface area (Å²) >= 11 is 4.32. The third kappa shape index (κ3) is 2.52. The highest BCUT2D eigenvalue weighted by atomic mass is 33.1. The van der Waals surface area contributed by atoms with E-state index < -0.39 is 19.4 Å². The van der Waals surface area contributed by atoms with E-state index in [0.717, 1.165) is 12.6 Å². The minimum atomic E-state index is -0.534. The predicted octanol–water partition coefficient (Wildman–Crippen LogP) is 1.40. The number of hydrogen-bond donors (Lipinski definition) is 1. The molecule has 70 valence electrons. The molecule has 4 heteroatoms. The number of carbonyl (C=O) groups is 2. The Bertz CT molecular complexity index is 167. The second-order valence-corrected chi connectivity index (χ2v) is 7.50. The Morgan fingerprint density at radius 1 is 1.00 bits per heavy atom. The van der Waals surface area contributed by atoms with Crippen molar-refractivity contribution >= 4 is 34.2 Å². The molecule has 0 aromatic carbocycles. The van der Waals surface area contributed by atoms with Crippen molar-refractivity contribution in [3.63, 3.8) is 0 Å². The zero-order valence-electron chi connectivity index (χ0n) is 7.83. The SMILES string of the molecule is CC(C)(C=O)[S+](S)C(C)(C)C=O. The molecular weight excluding hydrogens is 192 g/mol. The number of carbonyl (C=O) groups excluding carboxylic acids is 2. The van der Waals surface area contributed by atoms with E-state index in [2.05, 4.69) is 11.7 Å². The van der Waals surface area contributed by atoms with Crippen LogP contribution in [0, 0.1) is 0 Å². The van der Waals surface area contributed by atoms with Gasteiger partial charge in [-0.05, 0) is 27.7 Å². The molecule has 0 spiro atoms.